The lowest BCUT2D eigenvalue weighted by atomic mass is 9.95. The Kier molecular flexibility index (Phi) is 5.35. The molecule has 3 aromatic rings. The van der Waals surface area contributed by atoms with E-state index in [1.54, 1.807) is 23.6 Å². The van der Waals surface area contributed by atoms with Crippen LogP contribution in [0.5, 0.6) is 0 Å². The van der Waals surface area contributed by atoms with Crippen LogP contribution in [0.25, 0.3) is 5.65 Å². The third-order valence-electron chi connectivity index (χ3n) is 5.95. The van der Waals surface area contributed by atoms with Crippen LogP contribution in [0, 0.1) is 5.92 Å². The number of rotatable bonds is 3. The number of nitrogens with zero attached hydrogens (tertiary/aromatic N) is 8. The molecule has 3 aromatic heterocycles. The van der Waals surface area contributed by atoms with Gasteiger partial charge < -0.3 is 14.7 Å². The highest BCUT2D eigenvalue weighted by atomic mass is 32.1. The predicted molar refractivity (Wildman–Crippen MR) is 112 cm³/mol. The topological polar surface area (TPSA) is 82.8 Å². The summed E-state index contributed by atoms with van der Waals surface area (Å²) in [5.41, 5.74) is 0.0445. The van der Waals surface area contributed by atoms with Crippen molar-refractivity contribution in [3.8, 4) is 0 Å². The summed E-state index contributed by atoms with van der Waals surface area (Å²) in [7, 11) is 0. The molecule has 2 fully saturated rings. The van der Waals surface area contributed by atoms with Crippen molar-refractivity contribution >= 4 is 33.8 Å². The summed E-state index contributed by atoms with van der Waals surface area (Å²) in [6.07, 6.45) is -1.57. The van der Waals surface area contributed by atoms with E-state index in [1.807, 2.05) is 15.2 Å². The van der Waals surface area contributed by atoms with Crippen molar-refractivity contribution in [2.75, 3.05) is 49.1 Å². The van der Waals surface area contributed by atoms with Gasteiger partial charge in [-0.15, -0.1) is 26.6 Å². The van der Waals surface area contributed by atoms with Crippen molar-refractivity contribution in [2.24, 2.45) is 5.92 Å². The Morgan fingerprint density at radius 2 is 1.75 bits per heavy atom. The van der Waals surface area contributed by atoms with Crippen LogP contribution in [-0.4, -0.2) is 74.9 Å². The SMILES string of the molecule is O=C(C1CCN(c2ccc3nnc(C(F)(F)F)n3n2)CC1)N1CCN(c2nccs2)CC1. The highest BCUT2D eigenvalue weighted by Gasteiger charge is 2.38. The normalized spacial score (nSPS) is 18.5. The molecule has 0 unspecified atom stereocenters. The van der Waals surface area contributed by atoms with Crippen LogP contribution < -0.4 is 9.80 Å². The van der Waals surface area contributed by atoms with Gasteiger partial charge in [-0.25, -0.2) is 4.98 Å². The Balaban J connectivity index is 1.19. The number of amides is 1. The Hall–Kier alpha value is -2.96. The maximum atomic E-state index is 13.1. The van der Waals surface area contributed by atoms with E-state index < -0.39 is 12.0 Å². The third kappa shape index (κ3) is 3.96. The molecule has 2 saturated heterocycles. The van der Waals surface area contributed by atoms with Gasteiger partial charge in [0.2, 0.25) is 5.91 Å². The first kappa shape index (κ1) is 20.9. The van der Waals surface area contributed by atoms with Gasteiger partial charge in [-0.3, -0.25) is 4.79 Å². The van der Waals surface area contributed by atoms with Crippen molar-refractivity contribution in [3.05, 3.63) is 29.5 Å². The fraction of sp³-hybridized carbons (Fsp3) is 0.526. The Bertz CT molecular complexity index is 1090. The van der Waals surface area contributed by atoms with Gasteiger partial charge in [0.1, 0.15) is 5.82 Å². The van der Waals surface area contributed by atoms with Crippen LogP contribution in [0.1, 0.15) is 18.7 Å². The zero-order valence-corrected chi connectivity index (χ0v) is 17.9. The van der Waals surface area contributed by atoms with Crippen LogP contribution in [0.2, 0.25) is 0 Å². The number of anilines is 2. The van der Waals surface area contributed by atoms with Crippen LogP contribution in [0.15, 0.2) is 23.7 Å². The average molecular weight is 466 g/mol. The predicted octanol–water partition coefficient (Wildman–Crippen LogP) is 2.16. The number of halogens is 3. The highest BCUT2D eigenvalue weighted by molar-refractivity contribution is 7.13. The van der Waals surface area contributed by atoms with Crippen molar-refractivity contribution in [3.63, 3.8) is 0 Å². The summed E-state index contributed by atoms with van der Waals surface area (Å²) in [6, 6.07) is 3.12. The number of fused-ring (bicyclic) bond motifs is 1. The zero-order chi connectivity index (χ0) is 22.3. The third-order valence-corrected chi connectivity index (χ3v) is 6.78. The first-order valence-corrected chi connectivity index (χ1v) is 11.3. The molecule has 0 aromatic carbocycles. The van der Waals surface area contributed by atoms with E-state index in [0.29, 0.717) is 44.8 Å². The summed E-state index contributed by atoms with van der Waals surface area (Å²) >= 11 is 1.60. The number of hydrogen-bond donors (Lipinski definition) is 0. The van der Waals surface area contributed by atoms with Gasteiger partial charge in [0, 0.05) is 56.8 Å². The van der Waals surface area contributed by atoms with Crippen molar-refractivity contribution in [1.29, 1.82) is 0 Å². The minimum atomic E-state index is -4.63. The summed E-state index contributed by atoms with van der Waals surface area (Å²) in [4.78, 5) is 23.3. The van der Waals surface area contributed by atoms with E-state index in [9.17, 15) is 18.0 Å². The van der Waals surface area contributed by atoms with E-state index in [4.69, 9.17) is 0 Å². The van der Waals surface area contributed by atoms with E-state index in [1.165, 1.54) is 6.07 Å². The lowest BCUT2D eigenvalue weighted by molar-refractivity contribution is -0.146. The molecular weight excluding hydrogens is 445 g/mol. The monoisotopic (exact) mass is 466 g/mol. The molecule has 13 heteroatoms. The number of aromatic nitrogens is 5. The number of carbonyl (C=O) groups excluding carboxylic acids is 1. The quantitative estimate of drug-likeness (QED) is 0.585. The molecule has 2 aliphatic rings. The molecule has 2 aliphatic heterocycles. The average Bonchev–Trinajstić information content (AvgIpc) is 3.48. The van der Waals surface area contributed by atoms with E-state index in [2.05, 4.69) is 25.2 Å². The number of alkyl halides is 3. The molecule has 0 spiro atoms. The maximum absolute atomic E-state index is 13.1. The zero-order valence-electron chi connectivity index (χ0n) is 17.1. The largest absolute Gasteiger partial charge is 0.453 e. The highest BCUT2D eigenvalue weighted by Crippen LogP contribution is 2.29. The Morgan fingerprint density at radius 3 is 2.41 bits per heavy atom. The number of piperidine rings is 1. The number of hydrogen-bond acceptors (Lipinski definition) is 8. The minimum absolute atomic E-state index is 0.0445. The fourth-order valence-electron chi connectivity index (χ4n) is 4.23. The van der Waals surface area contributed by atoms with Gasteiger partial charge in [-0.1, -0.05) is 0 Å². The summed E-state index contributed by atoms with van der Waals surface area (Å²) in [5.74, 6) is -0.644. The molecule has 170 valence electrons. The first-order valence-electron chi connectivity index (χ1n) is 10.4. The van der Waals surface area contributed by atoms with Crippen LogP contribution in [0.3, 0.4) is 0 Å². The van der Waals surface area contributed by atoms with Crippen molar-refractivity contribution < 1.29 is 18.0 Å². The second-order valence-corrected chi connectivity index (χ2v) is 8.74. The molecule has 0 aliphatic carbocycles. The molecule has 0 atom stereocenters. The summed E-state index contributed by atoms with van der Waals surface area (Å²) in [6.45, 7) is 3.98. The fourth-order valence-corrected chi connectivity index (χ4v) is 4.93. The molecule has 0 radical (unpaired) electrons. The molecule has 1 amide bonds. The summed E-state index contributed by atoms with van der Waals surface area (Å²) in [5, 5.41) is 13.8. The van der Waals surface area contributed by atoms with Crippen LogP contribution in [0.4, 0.5) is 24.1 Å². The van der Waals surface area contributed by atoms with Crippen molar-refractivity contribution in [2.45, 2.75) is 19.0 Å². The van der Waals surface area contributed by atoms with E-state index in [-0.39, 0.29) is 17.5 Å². The smallest absolute Gasteiger partial charge is 0.355 e. The summed E-state index contributed by atoms with van der Waals surface area (Å²) < 4.78 is 40.1. The van der Waals surface area contributed by atoms with E-state index in [0.717, 1.165) is 22.7 Å². The molecule has 32 heavy (non-hydrogen) atoms. The van der Waals surface area contributed by atoms with Gasteiger partial charge in [-0.05, 0) is 25.0 Å². The molecule has 5 heterocycles. The Morgan fingerprint density at radius 1 is 1.00 bits per heavy atom. The lowest BCUT2D eigenvalue weighted by Gasteiger charge is -2.38. The van der Waals surface area contributed by atoms with Gasteiger partial charge >= 0.3 is 6.18 Å². The first-order chi connectivity index (χ1) is 15.4. The molecule has 0 bridgehead atoms. The van der Waals surface area contributed by atoms with Gasteiger partial charge in [-0.2, -0.15) is 17.7 Å². The van der Waals surface area contributed by atoms with Gasteiger partial charge in [0.15, 0.2) is 10.8 Å². The Labute approximate surface area is 185 Å². The number of piperazine rings is 1. The molecule has 0 N–H and O–H groups in total. The van der Waals surface area contributed by atoms with Gasteiger partial charge in [0.05, 0.1) is 0 Å². The molecule has 5 rings (SSSR count). The molecular formula is C19H21F3N8OS. The lowest BCUT2D eigenvalue weighted by Crippen LogP contribution is -2.51. The second kappa shape index (κ2) is 8.19. The standard InChI is InChI=1S/C19H21F3N8OS/c20-19(21,22)17-25-24-14-1-2-15(26-30(14)17)27-6-3-13(4-7-27)16(31)28-8-10-29(11-9-28)18-23-5-12-32-18/h1-2,5,12-13H,3-4,6-11H2. The van der Waals surface area contributed by atoms with Crippen LogP contribution in [-0.2, 0) is 11.0 Å². The number of thiazole rings is 1. The number of carbonyl (C=O) groups is 1. The van der Waals surface area contributed by atoms with Crippen LogP contribution >= 0.6 is 11.3 Å². The van der Waals surface area contributed by atoms with Gasteiger partial charge in [0.25, 0.3) is 5.82 Å². The molecule has 9 nitrogen and oxygen atoms in total. The van der Waals surface area contributed by atoms with Crippen molar-refractivity contribution in [1.82, 2.24) is 29.7 Å². The minimum Gasteiger partial charge on any atom is -0.355 e. The van der Waals surface area contributed by atoms with E-state index >= 15 is 0 Å². The molecule has 0 saturated carbocycles. The maximum Gasteiger partial charge on any atom is 0.453 e. The second-order valence-electron chi connectivity index (χ2n) is 7.87.